The number of hydrogen-bond acceptors (Lipinski definition) is 5. The molecule has 1 amide bonds. The van der Waals surface area contributed by atoms with Gasteiger partial charge in [0.05, 0.1) is 7.11 Å². The Morgan fingerprint density at radius 3 is 2.68 bits per heavy atom. The molecule has 1 heterocycles. The quantitative estimate of drug-likeness (QED) is 0.701. The lowest BCUT2D eigenvalue weighted by molar-refractivity contribution is 0.0919. The van der Waals surface area contributed by atoms with Gasteiger partial charge in [-0.25, -0.2) is 13.1 Å². The average molecular weight is 369 g/mol. The molecule has 2 atom stereocenters. The number of nitrogens with one attached hydrogen (secondary N) is 3. The van der Waals surface area contributed by atoms with Gasteiger partial charge >= 0.3 is 0 Å². The van der Waals surface area contributed by atoms with Gasteiger partial charge in [0, 0.05) is 23.7 Å². The van der Waals surface area contributed by atoms with Crippen LogP contribution in [0.4, 0.5) is 0 Å². The molecule has 7 nitrogen and oxygen atoms in total. The van der Waals surface area contributed by atoms with Gasteiger partial charge in [0.15, 0.2) is 0 Å². The fourth-order valence-electron chi connectivity index (χ4n) is 2.89. The Hall–Kier alpha value is -1.64. The van der Waals surface area contributed by atoms with Gasteiger partial charge in [-0.3, -0.25) is 4.79 Å². The zero-order valence-corrected chi connectivity index (χ0v) is 15.9. The van der Waals surface area contributed by atoms with Crippen LogP contribution in [0.1, 0.15) is 44.0 Å². The molecule has 1 aromatic rings. The minimum Gasteiger partial charge on any atom is -0.495 e. The van der Waals surface area contributed by atoms with Crippen molar-refractivity contribution in [2.24, 2.45) is 0 Å². The highest BCUT2D eigenvalue weighted by Gasteiger charge is 2.25. The number of amides is 1. The van der Waals surface area contributed by atoms with Crippen molar-refractivity contribution >= 4 is 15.9 Å². The molecule has 1 aliphatic heterocycles. The molecule has 0 saturated carbocycles. The smallest absolute Gasteiger partial charge is 0.251 e. The molecule has 25 heavy (non-hydrogen) atoms. The maximum Gasteiger partial charge on any atom is 0.251 e. The molecule has 1 fully saturated rings. The SMILES string of the molecule is COc1ccc(C(=O)NC2CCCNC2C)cc1S(=O)(=O)NC(C)C. The Balaban J connectivity index is 2.27. The molecule has 0 spiro atoms. The lowest BCUT2D eigenvalue weighted by Gasteiger charge is -2.30. The second kappa shape index (κ2) is 8.16. The summed E-state index contributed by atoms with van der Waals surface area (Å²) < 4.78 is 32.7. The molecule has 0 aromatic heterocycles. The van der Waals surface area contributed by atoms with E-state index in [1.54, 1.807) is 19.9 Å². The lowest BCUT2D eigenvalue weighted by atomic mass is 9.99. The first kappa shape index (κ1) is 19.7. The van der Waals surface area contributed by atoms with Crippen molar-refractivity contribution in [3.05, 3.63) is 23.8 Å². The summed E-state index contributed by atoms with van der Waals surface area (Å²) in [5, 5.41) is 6.31. The predicted molar refractivity (Wildman–Crippen MR) is 96.4 cm³/mol. The predicted octanol–water partition coefficient (Wildman–Crippen LogP) is 1.25. The van der Waals surface area contributed by atoms with E-state index in [9.17, 15) is 13.2 Å². The van der Waals surface area contributed by atoms with Gasteiger partial charge in [-0.1, -0.05) is 0 Å². The summed E-state index contributed by atoms with van der Waals surface area (Å²) in [5.41, 5.74) is 0.294. The van der Waals surface area contributed by atoms with Gasteiger partial charge in [-0.2, -0.15) is 0 Å². The van der Waals surface area contributed by atoms with Crippen molar-refractivity contribution in [3.63, 3.8) is 0 Å². The molecule has 1 saturated heterocycles. The molecule has 1 aromatic carbocycles. The zero-order chi connectivity index (χ0) is 18.6. The fraction of sp³-hybridized carbons (Fsp3) is 0.588. The minimum absolute atomic E-state index is 0.0252. The number of hydrogen-bond donors (Lipinski definition) is 3. The molecule has 2 rings (SSSR count). The van der Waals surface area contributed by atoms with Crippen molar-refractivity contribution in [2.75, 3.05) is 13.7 Å². The molecule has 3 N–H and O–H groups in total. The number of sulfonamides is 1. The summed E-state index contributed by atoms with van der Waals surface area (Å²) in [6.45, 7) is 6.44. The second-order valence-corrected chi connectivity index (χ2v) is 8.29. The van der Waals surface area contributed by atoms with Crippen LogP contribution in [0.25, 0.3) is 0 Å². The van der Waals surface area contributed by atoms with E-state index in [-0.39, 0.29) is 34.7 Å². The summed E-state index contributed by atoms with van der Waals surface area (Å²) in [6.07, 6.45) is 1.89. The highest BCUT2D eigenvalue weighted by molar-refractivity contribution is 7.89. The number of ether oxygens (including phenoxy) is 1. The summed E-state index contributed by atoms with van der Waals surface area (Å²) in [5.74, 6) is -0.0819. The van der Waals surface area contributed by atoms with Crippen molar-refractivity contribution in [3.8, 4) is 5.75 Å². The van der Waals surface area contributed by atoms with Gasteiger partial charge in [0.25, 0.3) is 5.91 Å². The van der Waals surface area contributed by atoms with Crippen molar-refractivity contribution in [1.29, 1.82) is 0 Å². The monoisotopic (exact) mass is 369 g/mol. The molecule has 8 heteroatoms. The molecule has 0 bridgehead atoms. The van der Waals surface area contributed by atoms with Crippen LogP contribution in [0, 0.1) is 0 Å². The first-order valence-corrected chi connectivity index (χ1v) is 9.97. The number of carbonyl (C=O) groups excluding carboxylic acids is 1. The van der Waals surface area contributed by atoms with E-state index < -0.39 is 10.0 Å². The first-order valence-electron chi connectivity index (χ1n) is 8.49. The molecule has 0 radical (unpaired) electrons. The first-order chi connectivity index (χ1) is 11.7. The third-order valence-electron chi connectivity index (χ3n) is 4.18. The topological polar surface area (TPSA) is 96.5 Å². The maximum atomic E-state index is 12.6. The van der Waals surface area contributed by atoms with Gasteiger partial charge in [-0.15, -0.1) is 0 Å². The Morgan fingerprint density at radius 2 is 2.08 bits per heavy atom. The van der Waals surface area contributed by atoms with Crippen LogP contribution in [0.2, 0.25) is 0 Å². The standard InChI is InChI=1S/C17H27N3O4S/c1-11(2)20-25(22,23)16-10-13(7-8-15(16)24-4)17(21)19-14-6-5-9-18-12(14)3/h7-8,10-12,14,18,20H,5-6,9H2,1-4H3,(H,19,21). The van der Waals surface area contributed by atoms with Crippen LogP contribution in [0.5, 0.6) is 5.75 Å². The summed E-state index contributed by atoms with van der Waals surface area (Å²) in [7, 11) is -2.37. The number of carbonyl (C=O) groups is 1. The third-order valence-corrected chi connectivity index (χ3v) is 5.86. The zero-order valence-electron chi connectivity index (χ0n) is 15.1. The third kappa shape index (κ3) is 4.93. The Kier molecular flexibility index (Phi) is 6.42. The summed E-state index contributed by atoms with van der Waals surface area (Å²) in [6, 6.07) is 4.38. The van der Waals surface area contributed by atoms with E-state index in [0.29, 0.717) is 5.56 Å². The highest BCUT2D eigenvalue weighted by Crippen LogP contribution is 2.25. The molecular weight excluding hydrogens is 342 g/mol. The van der Waals surface area contributed by atoms with Crippen LogP contribution in [-0.2, 0) is 10.0 Å². The molecule has 0 aliphatic carbocycles. The normalized spacial score (nSPS) is 21.2. The average Bonchev–Trinajstić information content (AvgIpc) is 2.55. The molecular formula is C17H27N3O4S. The number of rotatable bonds is 6. The maximum absolute atomic E-state index is 12.6. The van der Waals surface area contributed by atoms with Crippen molar-refractivity contribution < 1.29 is 17.9 Å². The van der Waals surface area contributed by atoms with Gasteiger partial charge in [-0.05, 0) is 58.4 Å². The van der Waals surface area contributed by atoms with E-state index in [2.05, 4.69) is 15.4 Å². The van der Waals surface area contributed by atoms with Crippen LogP contribution >= 0.6 is 0 Å². The van der Waals surface area contributed by atoms with Crippen LogP contribution in [0.3, 0.4) is 0 Å². The molecule has 2 unspecified atom stereocenters. The van der Waals surface area contributed by atoms with Crippen molar-refractivity contribution in [1.82, 2.24) is 15.4 Å². The molecule has 1 aliphatic rings. The van der Waals surface area contributed by atoms with Crippen LogP contribution in [0.15, 0.2) is 23.1 Å². The molecule has 140 valence electrons. The van der Waals surface area contributed by atoms with Gasteiger partial charge < -0.3 is 15.4 Å². The number of benzene rings is 1. The van der Waals surface area contributed by atoms with E-state index >= 15 is 0 Å². The van der Waals surface area contributed by atoms with Crippen LogP contribution in [-0.4, -0.2) is 46.1 Å². The highest BCUT2D eigenvalue weighted by atomic mass is 32.2. The number of piperidine rings is 1. The van der Waals surface area contributed by atoms with E-state index in [4.69, 9.17) is 4.74 Å². The largest absolute Gasteiger partial charge is 0.495 e. The van der Waals surface area contributed by atoms with Gasteiger partial charge in [0.1, 0.15) is 10.6 Å². The minimum atomic E-state index is -3.77. The lowest BCUT2D eigenvalue weighted by Crippen LogP contribution is -2.51. The summed E-state index contributed by atoms with van der Waals surface area (Å²) in [4.78, 5) is 12.5. The van der Waals surface area contributed by atoms with Crippen molar-refractivity contribution in [2.45, 2.75) is 56.6 Å². The Bertz CT molecular complexity index is 719. The Morgan fingerprint density at radius 1 is 1.36 bits per heavy atom. The van der Waals surface area contributed by atoms with Crippen LogP contribution < -0.4 is 20.1 Å². The second-order valence-electron chi connectivity index (χ2n) is 6.61. The van der Waals surface area contributed by atoms with E-state index in [0.717, 1.165) is 19.4 Å². The summed E-state index contributed by atoms with van der Waals surface area (Å²) >= 11 is 0. The Labute approximate surface area is 149 Å². The van der Waals surface area contributed by atoms with Gasteiger partial charge in [0.2, 0.25) is 10.0 Å². The van der Waals surface area contributed by atoms with E-state index in [1.807, 2.05) is 6.92 Å². The fourth-order valence-corrected chi connectivity index (χ4v) is 4.34. The van der Waals surface area contributed by atoms with E-state index in [1.165, 1.54) is 19.2 Å². The number of methoxy groups -OCH3 is 1.